The molecule has 0 spiro atoms. The fraction of sp³-hybridized carbons (Fsp3) is 0.350. The molecule has 0 saturated carbocycles. The summed E-state index contributed by atoms with van der Waals surface area (Å²) in [7, 11) is -1.86. The van der Waals surface area contributed by atoms with Gasteiger partial charge in [-0.25, -0.2) is 8.42 Å². The minimum absolute atomic E-state index is 0.00877. The first-order chi connectivity index (χ1) is 13.2. The predicted molar refractivity (Wildman–Crippen MR) is 107 cm³/mol. The topological polar surface area (TPSA) is 95.9 Å². The molecule has 2 atom stereocenters. The van der Waals surface area contributed by atoms with Gasteiger partial charge in [0.1, 0.15) is 11.5 Å². The Kier molecular flexibility index (Phi) is 5.51. The molecule has 2 aromatic rings. The molecule has 1 heterocycles. The van der Waals surface area contributed by atoms with E-state index in [4.69, 9.17) is 4.74 Å². The Morgan fingerprint density at radius 2 is 1.89 bits per heavy atom. The molecule has 1 aliphatic heterocycles. The van der Waals surface area contributed by atoms with Gasteiger partial charge < -0.3 is 14.7 Å². The first kappa shape index (κ1) is 20.0. The lowest BCUT2D eigenvalue weighted by molar-refractivity contribution is 0.0743. The number of anilines is 1. The van der Waals surface area contributed by atoms with Gasteiger partial charge >= 0.3 is 0 Å². The SMILES string of the molecule is COc1ccc([C@@H]2C[C@@H](C)N(C(=O)c3cc(NS(C)(=O)=O)ccc3O)C2)cc1. The highest BCUT2D eigenvalue weighted by atomic mass is 32.2. The fourth-order valence-electron chi connectivity index (χ4n) is 3.57. The van der Waals surface area contributed by atoms with Crippen molar-refractivity contribution in [1.82, 2.24) is 4.90 Å². The quantitative estimate of drug-likeness (QED) is 0.747. The van der Waals surface area contributed by atoms with Crippen molar-refractivity contribution in [1.29, 1.82) is 0 Å². The molecule has 1 saturated heterocycles. The summed E-state index contributed by atoms with van der Waals surface area (Å²) in [6, 6.07) is 11.9. The zero-order valence-electron chi connectivity index (χ0n) is 16.0. The van der Waals surface area contributed by atoms with Gasteiger partial charge in [0.05, 0.1) is 18.9 Å². The summed E-state index contributed by atoms with van der Waals surface area (Å²) in [5.41, 5.74) is 1.44. The Hall–Kier alpha value is -2.74. The number of methoxy groups -OCH3 is 1. The number of sulfonamides is 1. The number of nitrogens with one attached hydrogen (secondary N) is 1. The number of carbonyl (C=O) groups is 1. The average Bonchev–Trinajstić information content (AvgIpc) is 3.03. The van der Waals surface area contributed by atoms with Gasteiger partial charge in [0.15, 0.2) is 0 Å². The number of rotatable bonds is 5. The molecule has 1 aliphatic rings. The summed E-state index contributed by atoms with van der Waals surface area (Å²) in [5, 5.41) is 10.2. The van der Waals surface area contributed by atoms with E-state index in [1.165, 1.54) is 18.2 Å². The largest absolute Gasteiger partial charge is 0.507 e. The van der Waals surface area contributed by atoms with E-state index in [2.05, 4.69) is 4.72 Å². The van der Waals surface area contributed by atoms with Crippen LogP contribution in [0.3, 0.4) is 0 Å². The van der Waals surface area contributed by atoms with Gasteiger partial charge in [0.2, 0.25) is 10.0 Å². The first-order valence-corrected chi connectivity index (χ1v) is 10.8. The molecule has 28 heavy (non-hydrogen) atoms. The molecule has 0 bridgehead atoms. The van der Waals surface area contributed by atoms with Gasteiger partial charge in [-0.1, -0.05) is 12.1 Å². The molecular formula is C20H24N2O5S. The molecular weight excluding hydrogens is 380 g/mol. The second-order valence-corrected chi connectivity index (χ2v) is 8.87. The van der Waals surface area contributed by atoms with Crippen molar-refractivity contribution in [2.45, 2.75) is 25.3 Å². The Labute approximate surface area is 165 Å². The third-order valence-corrected chi connectivity index (χ3v) is 5.56. The van der Waals surface area contributed by atoms with Crippen LogP contribution in [0.1, 0.15) is 35.2 Å². The lowest BCUT2D eigenvalue weighted by Crippen LogP contribution is -2.34. The van der Waals surface area contributed by atoms with E-state index < -0.39 is 10.0 Å². The highest BCUT2D eigenvalue weighted by Gasteiger charge is 2.34. The summed E-state index contributed by atoms with van der Waals surface area (Å²) in [5.74, 6) is 0.467. The molecule has 0 aliphatic carbocycles. The molecule has 0 aromatic heterocycles. The van der Waals surface area contributed by atoms with Crippen molar-refractivity contribution in [3.8, 4) is 11.5 Å². The van der Waals surface area contributed by atoms with Crippen LogP contribution in [-0.4, -0.2) is 50.3 Å². The molecule has 3 rings (SSSR count). The molecule has 1 amide bonds. The second kappa shape index (κ2) is 7.71. The van der Waals surface area contributed by atoms with Crippen LogP contribution in [0.2, 0.25) is 0 Å². The molecule has 2 aromatic carbocycles. The number of nitrogens with zero attached hydrogens (tertiary/aromatic N) is 1. The van der Waals surface area contributed by atoms with Crippen LogP contribution < -0.4 is 9.46 Å². The van der Waals surface area contributed by atoms with Gasteiger partial charge in [0, 0.05) is 24.2 Å². The van der Waals surface area contributed by atoms with Gasteiger partial charge in [-0.05, 0) is 49.2 Å². The van der Waals surface area contributed by atoms with Crippen LogP contribution >= 0.6 is 0 Å². The monoisotopic (exact) mass is 404 g/mol. The number of ether oxygens (including phenoxy) is 1. The molecule has 7 nitrogen and oxygen atoms in total. The number of phenolic OH excluding ortho intramolecular Hbond substituents is 1. The van der Waals surface area contributed by atoms with Gasteiger partial charge in [-0.3, -0.25) is 9.52 Å². The smallest absolute Gasteiger partial charge is 0.257 e. The lowest BCUT2D eigenvalue weighted by Gasteiger charge is -2.22. The number of carbonyl (C=O) groups excluding carboxylic acids is 1. The summed E-state index contributed by atoms with van der Waals surface area (Å²) < 4.78 is 30.4. The van der Waals surface area contributed by atoms with Crippen molar-refractivity contribution >= 4 is 21.6 Å². The van der Waals surface area contributed by atoms with Crippen LogP contribution in [-0.2, 0) is 10.0 Å². The third kappa shape index (κ3) is 4.39. The summed E-state index contributed by atoms with van der Waals surface area (Å²) in [6.07, 6.45) is 1.84. The Balaban J connectivity index is 1.81. The van der Waals surface area contributed by atoms with Gasteiger partial charge in [-0.2, -0.15) is 0 Å². The maximum absolute atomic E-state index is 13.0. The van der Waals surface area contributed by atoms with E-state index in [1.807, 2.05) is 31.2 Å². The number of likely N-dealkylation sites (tertiary alicyclic amines) is 1. The number of amides is 1. The number of hydrogen-bond acceptors (Lipinski definition) is 5. The number of benzene rings is 2. The van der Waals surface area contributed by atoms with Crippen LogP contribution in [0.5, 0.6) is 11.5 Å². The van der Waals surface area contributed by atoms with Gasteiger partial charge in [0.25, 0.3) is 5.91 Å². The van der Waals surface area contributed by atoms with E-state index in [-0.39, 0.29) is 34.9 Å². The van der Waals surface area contributed by atoms with E-state index >= 15 is 0 Å². The number of aromatic hydroxyl groups is 1. The number of hydrogen-bond donors (Lipinski definition) is 2. The van der Waals surface area contributed by atoms with Crippen molar-refractivity contribution in [2.75, 3.05) is 24.6 Å². The Morgan fingerprint density at radius 3 is 2.50 bits per heavy atom. The molecule has 2 N–H and O–H groups in total. The summed E-state index contributed by atoms with van der Waals surface area (Å²) in [6.45, 7) is 2.49. The normalized spacial score (nSPS) is 19.5. The number of phenols is 1. The second-order valence-electron chi connectivity index (χ2n) is 7.12. The lowest BCUT2D eigenvalue weighted by atomic mass is 9.97. The first-order valence-electron chi connectivity index (χ1n) is 8.93. The Morgan fingerprint density at radius 1 is 1.21 bits per heavy atom. The van der Waals surface area contributed by atoms with Crippen LogP contribution in [0.25, 0.3) is 0 Å². The molecule has 150 valence electrons. The average molecular weight is 404 g/mol. The van der Waals surface area contributed by atoms with Crippen molar-refractivity contribution in [3.05, 3.63) is 53.6 Å². The van der Waals surface area contributed by atoms with Crippen LogP contribution in [0.4, 0.5) is 5.69 Å². The molecule has 8 heteroatoms. The van der Waals surface area contributed by atoms with Crippen molar-refractivity contribution in [2.24, 2.45) is 0 Å². The van der Waals surface area contributed by atoms with Crippen molar-refractivity contribution < 1.29 is 23.1 Å². The van der Waals surface area contributed by atoms with Crippen molar-refractivity contribution in [3.63, 3.8) is 0 Å². The van der Waals surface area contributed by atoms with E-state index in [1.54, 1.807) is 12.0 Å². The summed E-state index contributed by atoms with van der Waals surface area (Å²) in [4.78, 5) is 14.8. The van der Waals surface area contributed by atoms with Gasteiger partial charge in [-0.15, -0.1) is 0 Å². The molecule has 1 fully saturated rings. The maximum Gasteiger partial charge on any atom is 0.257 e. The zero-order valence-corrected chi connectivity index (χ0v) is 16.9. The Bertz CT molecular complexity index is 973. The van der Waals surface area contributed by atoms with E-state index in [0.29, 0.717) is 6.54 Å². The fourth-order valence-corrected chi connectivity index (χ4v) is 4.13. The third-order valence-electron chi connectivity index (χ3n) is 4.95. The highest BCUT2D eigenvalue weighted by Crippen LogP contribution is 2.34. The van der Waals surface area contributed by atoms with Crippen LogP contribution in [0.15, 0.2) is 42.5 Å². The summed E-state index contributed by atoms with van der Waals surface area (Å²) >= 11 is 0. The maximum atomic E-state index is 13.0. The van der Waals surface area contributed by atoms with Crippen LogP contribution in [0, 0.1) is 0 Å². The highest BCUT2D eigenvalue weighted by molar-refractivity contribution is 7.92. The standard InChI is InChI=1S/C20H24N2O5S/c1-13-10-15(14-4-7-17(27-2)8-5-14)12-22(13)20(24)18-11-16(6-9-19(18)23)21-28(3,25)26/h4-9,11,13,15,21,23H,10,12H2,1-3H3/t13-,15-/m1/s1. The minimum Gasteiger partial charge on any atom is -0.507 e. The predicted octanol–water partition coefficient (Wildman–Crippen LogP) is 2.79. The van der Waals surface area contributed by atoms with E-state index in [9.17, 15) is 18.3 Å². The molecule has 0 radical (unpaired) electrons. The zero-order chi connectivity index (χ0) is 20.5. The molecule has 0 unspecified atom stereocenters. The minimum atomic E-state index is -3.48. The van der Waals surface area contributed by atoms with E-state index in [0.717, 1.165) is 24.0 Å².